The Morgan fingerprint density at radius 3 is 2.65 bits per heavy atom. The lowest BCUT2D eigenvalue weighted by Gasteiger charge is -2.19. The number of rotatable bonds is 5. The Morgan fingerprint density at radius 2 is 1.91 bits per heavy atom. The molecule has 0 radical (unpaired) electrons. The fourth-order valence-corrected chi connectivity index (χ4v) is 4.49. The number of aromatic nitrogens is 1. The Balaban J connectivity index is 1.75. The third-order valence-electron chi connectivity index (χ3n) is 3.88. The minimum Gasteiger partial charge on any atom is -0.379 e. The van der Waals surface area contributed by atoms with Crippen molar-refractivity contribution in [3.05, 3.63) is 59.4 Å². The van der Waals surface area contributed by atoms with Gasteiger partial charge < -0.3 is 4.74 Å². The van der Waals surface area contributed by atoms with E-state index in [9.17, 15) is 8.42 Å². The number of pyridine rings is 1. The van der Waals surface area contributed by atoms with E-state index in [2.05, 4.69) is 9.71 Å². The number of nitrogens with one attached hydrogen (secondary N) is 1. The SMILES string of the molecule is O=S(=O)(N[C@H]1COC[C@H]1Cc1ccncc1)c1ccccc1Cl. The molecule has 2 atom stereocenters. The van der Waals surface area contributed by atoms with Crippen molar-refractivity contribution in [3.8, 4) is 0 Å². The molecule has 2 heterocycles. The average Bonchev–Trinajstić information content (AvgIpc) is 2.95. The van der Waals surface area contributed by atoms with Crippen molar-refractivity contribution >= 4 is 21.6 Å². The van der Waals surface area contributed by atoms with E-state index in [1.807, 2.05) is 12.1 Å². The highest BCUT2D eigenvalue weighted by Crippen LogP contribution is 2.24. The van der Waals surface area contributed by atoms with Crippen LogP contribution in [0.25, 0.3) is 0 Å². The molecule has 0 amide bonds. The van der Waals surface area contributed by atoms with Crippen LogP contribution in [-0.2, 0) is 21.2 Å². The first-order valence-corrected chi connectivity index (χ1v) is 9.16. The molecule has 122 valence electrons. The Bertz CT molecular complexity index is 768. The summed E-state index contributed by atoms with van der Waals surface area (Å²) in [6, 6.07) is 10.0. The number of benzene rings is 1. The van der Waals surface area contributed by atoms with Crippen LogP contribution in [0.4, 0.5) is 0 Å². The minimum absolute atomic E-state index is 0.0784. The van der Waals surface area contributed by atoms with Gasteiger partial charge >= 0.3 is 0 Å². The zero-order valence-electron chi connectivity index (χ0n) is 12.4. The van der Waals surface area contributed by atoms with Crippen LogP contribution in [0.5, 0.6) is 0 Å². The molecule has 0 saturated carbocycles. The molecule has 0 spiro atoms. The molecule has 1 fully saturated rings. The second kappa shape index (κ2) is 6.97. The standard InChI is InChI=1S/C16H17ClN2O3S/c17-14-3-1-2-4-16(14)23(20,21)19-15-11-22-10-13(15)9-12-5-7-18-8-6-12/h1-8,13,15,19H,9-11H2/t13-,15+/m1/s1. The fraction of sp³-hybridized carbons (Fsp3) is 0.312. The summed E-state index contributed by atoms with van der Waals surface area (Å²) in [6.07, 6.45) is 4.19. The van der Waals surface area contributed by atoms with Crippen LogP contribution < -0.4 is 4.72 Å². The van der Waals surface area contributed by atoms with Gasteiger partial charge in [0.1, 0.15) is 4.90 Å². The van der Waals surface area contributed by atoms with Gasteiger partial charge in [0.05, 0.1) is 24.3 Å². The predicted octanol–water partition coefficient (Wildman–Crippen LogP) is 2.27. The Morgan fingerprint density at radius 1 is 1.17 bits per heavy atom. The Labute approximate surface area is 140 Å². The number of hydrogen-bond donors (Lipinski definition) is 1. The lowest BCUT2D eigenvalue weighted by atomic mass is 9.96. The lowest BCUT2D eigenvalue weighted by molar-refractivity contribution is 0.183. The molecule has 23 heavy (non-hydrogen) atoms. The summed E-state index contributed by atoms with van der Waals surface area (Å²) in [4.78, 5) is 4.08. The molecule has 7 heteroatoms. The molecule has 3 rings (SSSR count). The van der Waals surface area contributed by atoms with Crippen LogP contribution in [0.3, 0.4) is 0 Å². The summed E-state index contributed by atoms with van der Waals surface area (Å²) in [5.41, 5.74) is 1.11. The van der Waals surface area contributed by atoms with Crippen molar-refractivity contribution in [3.63, 3.8) is 0 Å². The van der Waals surface area contributed by atoms with E-state index in [4.69, 9.17) is 16.3 Å². The maximum absolute atomic E-state index is 12.5. The van der Waals surface area contributed by atoms with Crippen LogP contribution in [0.15, 0.2) is 53.7 Å². The van der Waals surface area contributed by atoms with Crippen molar-refractivity contribution in [1.82, 2.24) is 9.71 Å². The number of ether oxygens (including phenoxy) is 1. The molecular weight excluding hydrogens is 336 g/mol. The van der Waals surface area contributed by atoms with Gasteiger partial charge in [-0.05, 0) is 36.2 Å². The maximum Gasteiger partial charge on any atom is 0.242 e. The van der Waals surface area contributed by atoms with Crippen molar-refractivity contribution < 1.29 is 13.2 Å². The number of hydrogen-bond acceptors (Lipinski definition) is 4. The molecule has 1 N–H and O–H groups in total. The van der Waals surface area contributed by atoms with E-state index in [0.29, 0.717) is 13.2 Å². The van der Waals surface area contributed by atoms with Crippen LogP contribution in [0.2, 0.25) is 5.02 Å². The lowest BCUT2D eigenvalue weighted by Crippen LogP contribution is -2.40. The van der Waals surface area contributed by atoms with Crippen LogP contribution >= 0.6 is 11.6 Å². The molecule has 5 nitrogen and oxygen atoms in total. The van der Waals surface area contributed by atoms with Crippen LogP contribution in [0, 0.1) is 5.92 Å². The molecule has 1 aliphatic rings. The number of halogens is 1. The second-order valence-electron chi connectivity index (χ2n) is 5.52. The normalized spacial score (nSPS) is 21.4. The maximum atomic E-state index is 12.5. The zero-order valence-corrected chi connectivity index (χ0v) is 13.9. The third-order valence-corrected chi connectivity index (χ3v) is 5.87. The Kier molecular flexibility index (Phi) is 4.96. The highest BCUT2D eigenvalue weighted by atomic mass is 35.5. The third kappa shape index (κ3) is 3.90. The van der Waals surface area contributed by atoms with Gasteiger partial charge in [0.2, 0.25) is 10.0 Å². The highest BCUT2D eigenvalue weighted by Gasteiger charge is 2.32. The molecule has 1 aromatic carbocycles. The van der Waals surface area contributed by atoms with Crippen molar-refractivity contribution in [2.75, 3.05) is 13.2 Å². The number of sulfonamides is 1. The average molecular weight is 353 g/mol. The summed E-state index contributed by atoms with van der Waals surface area (Å²) in [7, 11) is -3.67. The van der Waals surface area contributed by atoms with Gasteiger partial charge in [0, 0.05) is 18.3 Å². The molecule has 1 aromatic heterocycles. The van der Waals surface area contributed by atoms with Gasteiger partial charge in [-0.15, -0.1) is 0 Å². The summed E-state index contributed by atoms with van der Waals surface area (Å²) in [6.45, 7) is 0.886. The Hall–Kier alpha value is -1.47. The summed E-state index contributed by atoms with van der Waals surface area (Å²) in [5.74, 6) is 0.0784. The molecular formula is C16H17ClN2O3S. The van der Waals surface area contributed by atoms with Gasteiger partial charge in [0.15, 0.2) is 0 Å². The molecule has 0 aliphatic carbocycles. The van der Waals surface area contributed by atoms with Crippen LogP contribution in [-0.4, -0.2) is 32.7 Å². The molecule has 2 aromatic rings. The molecule has 1 aliphatic heterocycles. The van der Waals surface area contributed by atoms with Crippen molar-refractivity contribution in [2.24, 2.45) is 5.92 Å². The van der Waals surface area contributed by atoms with Gasteiger partial charge in [-0.1, -0.05) is 23.7 Å². The van der Waals surface area contributed by atoms with Gasteiger partial charge in [-0.3, -0.25) is 4.98 Å². The van der Waals surface area contributed by atoms with Crippen LogP contribution in [0.1, 0.15) is 5.56 Å². The van der Waals surface area contributed by atoms with Gasteiger partial charge in [-0.25, -0.2) is 13.1 Å². The van der Waals surface area contributed by atoms with E-state index in [-0.39, 0.29) is 21.9 Å². The summed E-state index contributed by atoms with van der Waals surface area (Å²) >= 11 is 6.00. The van der Waals surface area contributed by atoms with Crippen molar-refractivity contribution in [1.29, 1.82) is 0 Å². The first kappa shape index (κ1) is 16.4. The quantitative estimate of drug-likeness (QED) is 0.896. The smallest absolute Gasteiger partial charge is 0.242 e. The molecule has 1 saturated heterocycles. The summed E-state index contributed by atoms with van der Waals surface area (Å²) in [5, 5.41) is 0.213. The van der Waals surface area contributed by atoms with Crippen molar-refractivity contribution in [2.45, 2.75) is 17.4 Å². The topological polar surface area (TPSA) is 68.3 Å². The first-order valence-electron chi connectivity index (χ1n) is 7.30. The van der Waals surface area contributed by atoms with E-state index in [1.165, 1.54) is 6.07 Å². The second-order valence-corrected chi connectivity index (χ2v) is 7.60. The van der Waals surface area contributed by atoms with E-state index in [0.717, 1.165) is 12.0 Å². The monoisotopic (exact) mass is 352 g/mol. The zero-order chi connectivity index (χ0) is 16.3. The van der Waals surface area contributed by atoms with E-state index < -0.39 is 10.0 Å². The number of nitrogens with zero attached hydrogens (tertiary/aromatic N) is 1. The first-order chi connectivity index (χ1) is 11.1. The largest absolute Gasteiger partial charge is 0.379 e. The van der Waals surface area contributed by atoms with E-state index in [1.54, 1.807) is 30.6 Å². The minimum atomic E-state index is -3.67. The molecule has 0 unspecified atom stereocenters. The highest BCUT2D eigenvalue weighted by molar-refractivity contribution is 7.89. The fourth-order valence-electron chi connectivity index (χ4n) is 2.68. The van der Waals surface area contributed by atoms with E-state index >= 15 is 0 Å². The van der Waals surface area contributed by atoms with Gasteiger partial charge in [-0.2, -0.15) is 0 Å². The predicted molar refractivity (Wildman–Crippen MR) is 87.8 cm³/mol. The summed E-state index contributed by atoms with van der Waals surface area (Å²) < 4.78 is 33.3. The van der Waals surface area contributed by atoms with Gasteiger partial charge in [0.25, 0.3) is 0 Å². The molecule has 0 bridgehead atoms.